The van der Waals surface area contributed by atoms with Gasteiger partial charge in [-0.1, -0.05) is 12.8 Å². The number of hydrogen-bond acceptors (Lipinski definition) is 2. The van der Waals surface area contributed by atoms with Crippen LogP contribution in [0.3, 0.4) is 0 Å². The first kappa shape index (κ1) is 19.1. The summed E-state index contributed by atoms with van der Waals surface area (Å²) in [4.78, 5) is 12.7. The second-order valence-electron chi connectivity index (χ2n) is 6.58. The summed E-state index contributed by atoms with van der Waals surface area (Å²) in [7, 11) is 0. The zero-order valence-corrected chi connectivity index (χ0v) is 12.9. The number of nitrogens with zero attached hydrogens (tertiary/aromatic N) is 1. The number of carbonyl (C=O) groups is 1. The summed E-state index contributed by atoms with van der Waals surface area (Å²) in [5.74, 6) is -2.27. The third-order valence-electron chi connectivity index (χ3n) is 4.91. The van der Waals surface area contributed by atoms with Crippen LogP contribution in [0.5, 0.6) is 0 Å². The maximum Gasteiger partial charge on any atom is 0.419 e. The van der Waals surface area contributed by atoms with Crippen molar-refractivity contribution < 1.29 is 36.2 Å². The highest BCUT2D eigenvalue weighted by atomic mass is 19.4. The third-order valence-corrected chi connectivity index (χ3v) is 4.91. The Kier molecular flexibility index (Phi) is 5.27. The summed E-state index contributed by atoms with van der Waals surface area (Å²) in [6, 6.07) is -0.873. The van der Waals surface area contributed by atoms with Crippen LogP contribution in [0.2, 0.25) is 0 Å². The number of rotatable bonds is 2. The summed E-state index contributed by atoms with van der Waals surface area (Å²) >= 11 is 0. The maximum atomic E-state index is 13.0. The molecule has 3 unspecified atom stereocenters. The predicted octanol–water partition coefficient (Wildman–Crippen LogP) is 3.06. The molecule has 0 spiro atoms. The molecule has 0 bridgehead atoms. The van der Waals surface area contributed by atoms with Crippen molar-refractivity contribution in [1.29, 1.82) is 0 Å². The van der Waals surface area contributed by atoms with E-state index in [1.54, 1.807) is 0 Å². The molecule has 1 saturated carbocycles. The highest BCUT2D eigenvalue weighted by molar-refractivity contribution is 5.74. The van der Waals surface area contributed by atoms with Gasteiger partial charge in [0.1, 0.15) is 0 Å². The largest absolute Gasteiger partial charge is 0.419 e. The molecule has 0 aromatic carbocycles. The number of alkyl halides is 6. The number of aliphatic hydroxyl groups is 1. The topological polar surface area (TPSA) is 52.6 Å². The lowest BCUT2D eigenvalue weighted by Gasteiger charge is -2.33. The monoisotopic (exact) mass is 362 g/mol. The van der Waals surface area contributed by atoms with Gasteiger partial charge in [-0.3, -0.25) is 0 Å². The average Bonchev–Trinajstić information content (AvgIpc) is 2.88. The minimum Gasteiger partial charge on any atom is -0.379 e. The summed E-state index contributed by atoms with van der Waals surface area (Å²) in [5.41, 5.74) is -2.95. The second kappa shape index (κ2) is 6.61. The van der Waals surface area contributed by atoms with Gasteiger partial charge in [0.25, 0.3) is 0 Å². The van der Waals surface area contributed by atoms with Crippen molar-refractivity contribution in [3.8, 4) is 0 Å². The standard InChI is InChI=1S/C14H20F6N2O2/c15-13(16,17)10-4-2-1-3-9(10)7-21-11(23)22-6-5-12(24,8-22)14(18,19)20/h9-10,24H,1-8H2,(H,21,23). The lowest BCUT2D eigenvalue weighted by Crippen LogP contribution is -2.50. The molecule has 1 heterocycles. The highest BCUT2D eigenvalue weighted by Gasteiger charge is 2.58. The van der Waals surface area contributed by atoms with Crippen molar-refractivity contribution in [1.82, 2.24) is 10.2 Å². The van der Waals surface area contributed by atoms with E-state index < -0.39 is 48.8 Å². The van der Waals surface area contributed by atoms with Crippen LogP contribution in [0.15, 0.2) is 0 Å². The molecule has 0 radical (unpaired) electrons. The fraction of sp³-hybridized carbons (Fsp3) is 0.929. The molecular formula is C14H20F6N2O2. The third kappa shape index (κ3) is 4.07. The zero-order valence-electron chi connectivity index (χ0n) is 12.9. The molecule has 10 heteroatoms. The summed E-state index contributed by atoms with van der Waals surface area (Å²) < 4.78 is 77.0. The van der Waals surface area contributed by atoms with Crippen molar-refractivity contribution in [3.63, 3.8) is 0 Å². The van der Waals surface area contributed by atoms with Crippen molar-refractivity contribution >= 4 is 6.03 Å². The predicted molar refractivity (Wildman–Crippen MR) is 72.1 cm³/mol. The number of urea groups is 1. The number of halogens is 6. The van der Waals surface area contributed by atoms with Crippen LogP contribution < -0.4 is 5.32 Å². The Bertz CT molecular complexity index is 467. The Morgan fingerprint density at radius 2 is 1.79 bits per heavy atom. The van der Waals surface area contributed by atoms with E-state index in [4.69, 9.17) is 0 Å². The first-order valence-corrected chi connectivity index (χ1v) is 7.83. The van der Waals surface area contributed by atoms with Crippen LogP contribution in [-0.4, -0.2) is 53.6 Å². The molecule has 4 nitrogen and oxygen atoms in total. The van der Waals surface area contributed by atoms with Crippen LogP contribution in [0.4, 0.5) is 31.1 Å². The van der Waals surface area contributed by atoms with Crippen LogP contribution in [0, 0.1) is 11.8 Å². The summed E-state index contributed by atoms with van der Waals surface area (Å²) in [6.45, 7) is -1.44. The van der Waals surface area contributed by atoms with Gasteiger partial charge in [0.2, 0.25) is 0 Å². The molecule has 1 aliphatic carbocycles. The number of nitrogens with one attached hydrogen (secondary N) is 1. The molecule has 2 N–H and O–H groups in total. The Hall–Kier alpha value is -1.19. The van der Waals surface area contributed by atoms with Gasteiger partial charge in [-0.2, -0.15) is 26.3 Å². The van der Waals surface area contributed by atoms with Gasteiger partial charge in [-0.15, -0.1) is 0 Å². The lowest BCUT2D eigenvalue weighted by molar-refractivity contribution is -0.253. The molecule has 140 valence electrons. The van der Waals surface area contributed by atoms with Crippen LogP contribution in [0.1, 0.15) is 32.1 Å². The quantitative estimate of drug-likeness (QED) is 0.742. The van der Waals surface area contributed by atoms with Crippen LogP contribution in [-0.2, 0) is 0 Å². The lowest BCUT2D eigenvalue weighted by atomic mass is 9.79. The Balaban J connectivity index is 1.89. The van der Waals surface area contributed by atoms with Gasteiger partial charge in [0, 0.05) is 19.5 Å². The molecule has 24 heavy (non-hydrogen) atoms. The maximum absolute atomic E-state index is 13.0. The average molecular weight is 362 g/mol. The molecule has 1 saturated heterocycles. The van der Waals surface area contributed by atoms with Gasteiger partial charge >= 0.3 is 18.4 Å². The molecule has 2 fully saturated rings. The van der Waals surface area contributed by atoms with E-state index in [9.17, 15) is 36.2 Å². The van der Waals surface area contributed by atoms with E-state index in [0.29, 0.717) is 19.3 Å². The number of β-amino-alcohol motifs (C(OH)–C–C–N with tert-alkyl or cyclic N) is 1. The van der Waals surface area contributed by atoms with Gasteiger partial charge in [-0.05, 0) is 18.8 Å². The molecular weight excluding hydrogens is 342 g/mol. The van der Waals surface area contributed by atoms with E-state index in [-0.39, 0.29) is 19.5 Å². The molecule has 2 amide bonds. The molecule has 1 aliphatic heterocycles. The summed E-state index contributed by atoms with van der Waals surface area (Å²) in [5, 5.41) is 11.8. The first-order valence-electron chi connectivity index (χ1n) is 7.83. The van der Waals surface area contributed by atoms with Crippen molar-refractivity contribution in [2.45, 2.75) is 50.1 Å². The zero-order chi connectivity index (χ0) is 18.2. The fourth-order valence-electron chi connectivity index (χ4n) is 3.41. The number of likely N-dealkylation sites (tertiary alicyclic amines) is 1. The Morgan fingerprint density at radius 1 is 1.17 bits per heavy atom. The normalized spacial score (nSPS) is 32.0. The van der Waals surface area contributed by atoms with E-state index in [1.165, 1.54) is 0 Å². The van der Waals surface area contributed by atoms with E-state index in [0.717, 1.165) is 4.90 Å². The number of amides is 2. The van der Waals surface area contributed by atoms with Crippen LogP contribution in [0.25, 0.3) is 0 Å². The van der Waals surface area contributed by atoms with E-state index >= 15 is 0 Å². The number of carbonyl (C=O) groups excluding carboxylic acids is 1. The minimum atomic E-state index is -4.85. The molecule has 2 aliphatic rings. The Morgan fingerprint density at radius 3 is 2.33 bits per heavy atom. The first-order chi connectivity index (χ1) is 10.9. The SMILES string of the molecule is O=C(NCC1CCCCC1C(F)(F)F)N1CCC(O)(C(F)(F)F)C1. The summed E-state index contributed by atoms with van der Waals surface area (Å²) in [6.07, 6.45) is -8.42. The minimum absolute atomic E-state index is 0.00156. The fourth-order valence-corrected chi connectivity index (χ4v) is 3.41. The second-order valence-corrected chi connectivity index (χ2v) is 6.58. The van der Waals surface area contributed by atoms with Gasteiger partial charge in [0.05, 0.1) is 12.5 Å². The van der Waals surface area contributed by atoms with Crippen molar-refractivity contribution in [2.75, 3.05) is 19.6 Å². The van der Waals surface area contributed by atoms with E-state index in [1.807, 2.05) is 0 Å². The van der Waals surface area contributed by atoms with Gasteiger partial charge < -0.3 is 15.3 Å². The number of hydrogen-bond donors (Lipinski definition) is 2. The van der Waals surface area contributed by atoms with Crippen LogP contribution >= 0.6 is 0 Å². The van der Waals surface area contributed by atoms with E-state index in [2.05, 4.69) is 5.32 Å². The van der Waals surface area contributed by atoms with Gasteiger partial charge in [-0.25, -0.2) is 4.79 Å². The molecule has 0 aromatic rings. The van der Waals surface area contributed by atoms with Crippen molar-refractivity contribution in [3.05, 3.63) is 0 Å². The molecule has 0 aromatic heterocycles. The molecule has 3 atom stereocenters. The van der Waals surface area contributed by atoms with Gasteiger partial charge in [0.15, 0.2) is 5.60 Å². The van der Waals surface area contributed by atoms with Crippen molar-refractivity contribution in [2.24, 2.45) is 11.8 Å². The smallest absolute Gasteiger partial charge is 0.379 e. The molecule has 2 rings (SSSR count). The highest BCUT2D eigenvalue weighted by Crippen LogP contribution is 2.41. The Labute approximate surface area is 135 Å².